The summed E-state index contributed by atoms with van der Waals surface area (Å²) >= 11 is 0. The molecule has 2 aromatic rings. The summed E-state index contributed by atoms with van der Waals surface area (Å²) in [5, 5.41) is 6.87. The molecule has 1 aliphatic rings. The number of carbonyl (C=O) groups is 1. The van der Waals surface area contributed by atoms with Crippen LogP contribution in [0, 0.1) is 6.92 Å². The maximum Gasteiger partial charge on any atom is 0.219 e. The molecule has 0 unspecified atom stereocenters. The van der Waals surface area contributed by atoms with Crippen molar-refractivity contribution in [3.8, 4) is 11.4 Å². The number of aromatic amines is 1. The van der Waals surface area contributed by atoms with Gasteiger partial charge < -0.3 is 4.90 Å². The van der Waals surface area contributed by atoms with Crippen LogP contribution in [0.3, 0.4) is 0 Å². The Labute approximate surface area is 117 Å². The zero-order valence-corrected chi connectivity index (χ0v) is 11.6. The zero-order chi connectivity index (χ0) is 14.1. The fraction of sp³-hybridized carbons (Fsp3) is 0.429. The molecule has 1 atom stereocenters. The lowest BCUT2D eigenvalue weighted by molar-refractivity contribution is -0.127. The summed E-state index contributed by atoms with van der Waals surface area (Å²) in [4.78, 5) is 22.4. The van der Waals surface area contributed by atoms with Crippen molar-refractivity contribution in [3.05, 3.63) is 29.8 Å². The minimum atomic E-state index is 0.119. The second kappa shape index (κ2) is 5.03. The molecule has 0 spiro atoms. The normalized spacial score (nSPS) is 18.5. The van der Waals surface area contributed by atoms with Gasteiger partial charge in [-0.05, 0) is 25.5 Å². The van der Waals surface area contributed by atoms with Crippen molar-refractivity contribution in [2.45, 2.75) is 26.2 Å². The molecular formula is C14H17N5O. The minimum absolute atomic E-state index is 0.119. The maximum absolute atomic E-state index is 11.4. The Kier molecular flexibility index (Phi) is 3.22. The van der Waals surface area contributed by atoms with Crippen LogP contribution in [0.25, 0.3) is 11.4 Å². The first-order valence-corrected chi connectivity index (χ1v) is 6.74. The zero-order valence-electron chi connectivity index (χ0n) is 11.6. The SMILES string of the molecule is CC(=O)N1CC[C@H](c2nc(C)cc(-c3ccn[nH]3)n2)C1. The molecule has 0 aliphatic carbocycles. The van der Waals surface area contributed by atoms with E-state index in [1.807, 2.05) is 24.0 Å². The Morgan fingerprint density at radius 1 is 1.45 bits per heavy atom. The molecule has 6 nitrogen and oxygen atoms in total. The van der Waals surface area contributed by atoms with E-state index in [0.29, 0.717) is 6.54 Å². The van der Waals surface area contributed by atoms with Crippen molar-refractivity contribution >= 4 is 5.91 Å². The average Bonchev–Trinajstić information content (AvgIpc) is 3.10. The molecule has 0 radical (unpaired) electrons. The molecule has 6 heteroatoms. The predicted molar refractivity (Wildman–Crippen MR) is 74.0 cm³/mol. The van der Waals surface area contributed by atoms with Gasteiger partial charge in [0.2, 0.25) is 5.91 Å². The highest BCUT2D eigenvalue weighted by Crippen LogP contribution is 2.26. The average molecular weight is 271 g/mol. The molecule has 0 bridgehead atoms. The van der Waals surface area contributed by atoms with E-state index in [-0.39, 0.29) is 11.8 Å². The van der Waals surface area contributed by atoms with Crippen LogP contribution in [0.1, 0.15) is 30.8 Å². The van der Waals surface area contributed by atoms with Gasteiger partial charge in [-0.2, -0.15) is 5.10 Å². The van der Waals surface area contributed by atoms with Crippen molar-refractivity contribution in [1.82, 2.24) is 25.1 Å². The van der Waals surface area contributed by atoms with Crippen LogP contribution in [0.4, 0.5) is 0 Å². The number of nitrogens with one attached hydrogen (secondary N) is 1. The van der Waals surface area contributed by atoms with E-state index in [9.17, 15) is 4.79 Å². The van der Waals surface area contributed by atoms with Crippen LogP contribution >= 0.6 is 0 Å². The highest BCUT2D eigenvalue weighted by molar-refractivity contribution is 5.73. The topological polar surface area (TPSA) is 74.8 Å². The summed E-state index contributed by atoms with van der Waals surface area (Å²) in [7, 11) is 0. The molecule has 1 aliphatic heterocycles. The van der Waals surface area contributed by atoms with Crippen molar-refractivity contribution < 1.29 is 4.79 Å². The fourth-order valence-corrected chi connectivity index (χ4v) is 2.57. The molecular weight excluding hydrogens is 254 g/mol. The van der Waals surface area contributed by atoms with Gasteiger partial charge in [0.25, 0.3) is 0 Å². The van der Waals surface area contributed by atoms with Crippen LogP contribution in [-0.4, -0.2) is 44.1 Å². The van der Waals surface area contributed by atoms with Gasteiger partial charge in [-0.1, -0.05) is 0 Å². The third-order valence-corrected chi connectivity index (χ3v) is 3.65. The Balaban J connectivity index is 1.89. The summed E-state index contributed by atoms with van der Waals surface area (Å²) in [5.41, 5.74) is 2.67. The van der Waals surface area contributed by atoms with Gasteiger partial charge in [0.1, 0.15) is 5.82 Å². The van der Waals surface area contributed by atoms with Crippen LogP contribution < -0.4 is 0 Å². The van der Waals surface area contributed by atoms with Crippen molar-refractivity contribution in [1.29, 1.82) is 0 Å². The smallest absolute Gasteiger partial charge is 0.219 e. The number of aryl methyl sites for hydroxylation is 1. The molecule has 1 amide bonds. The van der Waals surface area contributed by atoms with Crippen LogP contribution in [0.2, 0.25) is 0 Å². The molecule has 20 heavy (non-hydrogen) atoms. The number of rotatable bonds is 2. The third kappa shape index (κ3) is 2.41. The van der Waals surface area contributed by atoms with Gasteiger partial charge >= 0.3 is 0 Å². The van der Waals surface area contributed by atoms with Gasteiger partial charge in [0, 0.05) is 37.8 Å². The summed E-state index contributed by atoms with van der Waals surface area (Å²) < 4.78 is 0. The van der Waals surface area contributed by atoms with Gasteiger partial charge in [0.05, 0.1) is 11.4 Å². The monoisotopic (exact) mass is 271 g/mol. The molecule has 1 fully saturated rings. The van der Waals surface area contributed by atoms with E-state index in [0.717, 1.165) is 35.9 Å². The molecule has 3 rings (SSSR count). The second-order valence-corrected chi connectivity index (χ2v) is 5.17. The number of amides is 1. The van der Waals surface area contributed by atoms with E-state index in [1.165, 1.54) is 0 Å². The molecule has 1 saturated heterocycles. The van der Waals surface area contributed by atoms with E-state index < -0.39 is 0 Å². The lowest BCUT2D eigenvalue weighted by Gasteiger charge is -2.14. The minimum Gasteiger partial charge on any atom is -0.342 e. The predicted octanol–water partition coefficient (Wildman–Crippen LogP) is 1.51. The van der Waals surface area contributed by atoms with Crippen LogP contribution in [-0.2, 0) is 4.79 Å². The standard InChI is InChI=1S/C14H17N5O/c1-9-7-13(12-3-5-15-18-12)17-14(16-9)11-4-6-19(8-11)10(2)20/h3,5,7,11H,4,6,8H2,1-2H3,(H,15,18)/t11-/m0/s1. The summed E-state index contributed by atoms with van der Waals surface area (Å²) in [5.74, 6) is 1.16. The molecule has 0 saturated carbocycles. The maximum atomic E-state index is 11.4. The van der Waals surface area contributed by atoms with Crippen LogP contribution in [0.15, 0.2) is 18.3 Å². The first-order valence-electron chi connectivity index (χ1n) is 6.74. The number of aromatic nitrogens is 4. The van der Waals surface area contributed by atoms with E-state index >= 15 is 0 Å². The molecule has 3 heterocycles. The number of hydrogen-bond donors (Lipinski definition) is 1. The first-order chi connectivity index (χ1) is 9.63. The number of H-pyrrole nitrogens is 1. The Morgan fingerprint density at radius 2 is 2.30 bits per heavy atom. The van der Waals surface area contributed by atoms with Gasteiger partial charge in [0.15, 0.2) is 0 Å². The van der Waals surface area contributed by atoms with Crippen molar-refractivity contribution in [3.63, 3.8) is 0 Å². The molecule has 1 N–H and O–H groups in total. The number of carbonyl (C=O) groups excluding carboxylic acids is 1. The molecule has 0 aromatic carbocycles. The lowest BCUT2D eigenvalue weighted by atomic mass is 10.1. The highest BCUT2D eigenvalue weighted by atomic mass is 16.2. The summed E-state index contributed by atoms with van der Waals surface area (Å²) in [6.45, 7) is 5.07. The second-order valence-electron chi connectivity index (χ2n) is 5.17. The Morgan fingerprint density at radius 3 is 2.95 bits per heavy atom. The quantitative estimate of drug-likeness (QED) is 0.898. The lowest BCUT2D eigenvalue weighted by Crippen LogP contribution is -2.25. The Bertz CT molecular complexity index is 622. The van der Waals surface area contributed by atoms with Crippen molar-refractivity contribution in [2.75, 3.05) is 13.1 Å². The van der Waals surface area contributed by atoms with E-state index in [1.54, 1.807) is 13.1 Å². The van der Waals surface area contributed by atoms with Crippen molar-refractivity contribution in [2.24, 2.45) is 0 Å². The molecule has 2 aromatic heterocycles. The summed E-state index contributed by atoms with van der Waals surface area (Å²) in [6, 6.07) is 3.83. The summed E-state index contributed by atoms with van der Waals surface area (Å²) in [6.07, 6.45) is 2.63. The third-order valence-electron chi connectivity index (χ3n) is 3.65. The number of likely N-dealkylation sites (tertiary alicyclic amines) is 1. The Hall–Kier alpha value is -2.24. The van der Waals surface area contributed by atoms with E-state index in [4.69, 9.17) is 0 Å². The largest absolute Gasteiger partial charge is 0.342 e. The van der Waals surface area contributed by atoms with Gasteiger partial charge in [-0.25, -0.2) is 9.97 Å². The van der Waals surface area contributed by atoms with Crippen LogP contribution in [0.5, 0.6) is 0 Å². The highest BCUT2D eigenvalue weighted by Gasteiger charge is 2.27. The molecule has 104 valence electrons. The fourth-order valence-electron chi connectivity index (χ4n) is 2.57. The van der Waals surface area contributed by atoms with E-state index in [2.05, 4.69) is 20.2 Å². The van der Waals surface area contributed by atoms with Gasteiger partial charge in [-0.3, -0.25) is 9.89 Å². The number of hydrogen-bond acceptors (Lipinski definition) is 4. The van der Waals surface area contributed by atoms with Gasteiger partial charge in [-0.15, -0.1) is 0 Å². The first kappa shape index (κ1) is 12.8. The number of nitrogens with zero attached hydrogens (tertiary/aromatic N) is 4.